The Hall–Kier alpha value is -3.49. The molecular formula is C23H27FN4O4. The monoisotopic (exact) mass is 442 g/mol. The highest BCUT2D eigenvalue weighted by Gasteiger charge is 2.29. The molecule has 0 spiro atoms. The first-order valence-corrected chi connectivity index (χ1v) is 10.6. The molecule has 0 atom stereocenters. The van der Waals surface area contributed by atoms with Crippen LogP contribution in [0.2, 0.25) is 0 Å². The summed E-state index contributed by atoms with van der Waals surface area (Å²) in [5.41, 5.74) is 0.731. The van der Waals surface area contributed by atoms with E-state index in [0.29, 0.717) is 38.2 Å². The lowest BCUT2D eigenvalue weighted by Crippen LogP contribution is -2.45. The number of carbonyl (C=O) groups excluding carboxylic acids is 3. The quantitative estimate of drug-likeness (QED) is 0.663. The molecular weight excluding hydrogens is 415 g/mol. The SMILES string of the molecule is CCOC(=O)C1CCN(C(=O)CN(C)C(=O)c2cccnc2Nc2cccc(F)c2)CC1. The Morgan fingerprint density at radius 3 is 2.66 bits per heavy atom. The molecule has 170 valence electrons. The molecule has 0 saturated carbocycles. The van der Waals surface area contributed by atoms with Gasteiger partial charge in [-0.3, -0.25) is 14.4 Å². The molecule has 0 radical (unpaired) electrons. The molecule has 0 bridgehead atoms. The first kappa shape index (κ1) is 23.2. The zero-order valence-corrected chi connectivity index (χ0v) is 18.2. The third-order valence-corrected chi connectivity index (χ3v) is 5.31. The van der Waals surface area contributed by atoms with Gasteiger partial charge in [-0.25, -0.2) is 9.37 Å². The molecule has 1 N–H and O–H groups in total. The molecule has 1 aromatic carbocycles. The van der Waals surface area contributed by atoms with Crippen molar-refractivity contribution in [2.45, 2.75) is 19.8 Å². The first-order chi connectivity index (χ1) is 15.4. The molecule has 2 aromatic rings. The molecule has 32 heavy (non-hydrogen) atoms. The fourth-order valence-corrected chi connectivity index (χ4v) is 3.59. The maximum atomic E-state index is 13.5. The number of hydrogen-bond donors (Lipinski definition) is 1. The van der Waals surface area contributed by atoms with E-state index in [1.165, 1.54) is 23.2 Å². The molecule has 0 unspecified atom stereocenters. The Kier molecular flexibility index (Phi) is 7.75. The van der Waals surface area contributed by atoms with Crippen LogP contribution < -0.4 is 5.32 Å². The van der Waals surface area contributed by atoms with Gasteiger partial charge in [0.1, 0.15) is 11.6 Å². The third kappa shape index (κ3) is 5.81. The lowest BCUT2D eigenvalue weighted by Gasteiger charge is -2.32. The zero-order chi connectivity index (χ0) is 23.1. The van der Waals surface area contributed by atoms with Crippen molar-refractivity contribution in [3.05, 3.63) is 54.0 Å². The van der Waals surface area contributed by atoms with E-state index >= 15 is 0 Å². The number of nitrogens with one attached hydrogen (secondary N) is 1. The van der Waals surface area contributed by atoms with E-state index in [4.69, 9.17) is 4.74 Å². The van der Waals surface area contributed by atoms with Crippen molar-refractivity contribution >= 4 is 29.3 Å². The van der Waals surface area contributed by atoms with Gasteiger partial charge in [0.25, 0.3) is 5.91 Å². The number of anilines is 2. The predicted molar refractivity (Wildman–Crippen MR) is 117 cm³/mol. The van der Waals surface area contributed by atoms with Crippen LogP contribution in [0.3, 0.4) is 0 Å². The summed E-state index contributed by atoms with van der Waals surface area (Å²) in [5.74, 6) is -1.11. The topological polar surface area (TPSA) is 91.8 Å². The van der Waals surface area contributed by atoms with Crippen molar-refractivity contribution in [1.82, 2.24) is 14.8 Å². The highest BCUT2D eigenvalue weighted by Crippen LogP contribution is 2.21. The van der Waals surface area contributed by atoms with Crippen LogP contribution >= 0.6 is 0 Å². The highest BCUT2D eigenvalue weighted by molar-refractivity contribution is 6.00. The van der Waals surface area contributed by atoms with Gasteiger partial charge in [-0.05, 0) is 50.1 Å². The van der Waals surface area contributed by atoms with Crippen molar-refractivity contribution in [1.29, 1.82) is 0 Å². The van der Waals surface area contributed by atoms with E-state index in [1.54, 1.807) is 43.1 Å². The Labute approximate surface area is 186 Å². The Bertz CT molecular complexity index is 976. The average molecular weight is 442 g/mol. The second-order valence-corrected chi connectivity index (χ2v) is 7.60. The third-order valence-electron chi connectivity index (χ3n) is 5.31. The van der Waals surface area contributed by atoms with E-state index in [1.807, 2.05) is 0 Å². The number of piperidine rings is 1. The summed E-state index contributed by atoms with van der Waals surface area (Å²) in [4.78, 5) is 44.8. The smallest absolute Gasteiger partial charge is 0.309 e. The Balaban J connectivity index is 1.60. The van der Waals surface area contributed by atoms with Crippen LogP contribution in [0.4, 0.5) is 15.9 Å². The molecule has 0 aliphatic carbocycles. The molecule has 8 nitrogen and oxygen atoms in total. The molecule has 2 amide bonds. The van der Waals surface area contributed by atoms with Gasteiger partial charge < -0.3 is 19.9 Å². The van der Waals surface area contributed by atoms with Gasteiger partial charge in [-0.15, -0.1) is 0 Å². The molecule has 1 saturated heterocycles. The minimum atomic E-state index is -0.409. The number of ether oxygens (including phenoxy) is 1. The number of amides is 2. The summed E-state index contributed by atoms with van der Waals surface area (Å²) >= 11 is 0. The van der Waals surface area contributed by atoms with E-state index in [0.717, 1.165) is 0 Å². The van der Waals surface area contributed by atoms with Gasteiger partial charge in [0, 0.05) is 32.0 Å². The summed E-state index contributed by atoms with van der Waals surface area (Å²) in [6.45, 7) is 2.91. The summed E-state index contributed by atoms with van der Waals surface area (Å²) < 4.78 is 18.5. The Morgan fingerprint density at radius 2 is 1.97 bits per heavy atom. The molecule has 1 fully saturated rings. The van der Waals surface area contributed by atoms with E-state index < -0.39 is 5.82 Å². The predicted octanol–water partition coefficient (Wildman–Crippen LogP) is 2.84. The van der Waals surface area contributed by atoms with Gasteiger partial charge >= 0.3 is 5.97 Å². The first-order valence-electron chi connectivity index (χ1n) is 10.6. The lowest BCUT2D eigenvalue weighted by molar-refractivity contribution is -0.151. The van der Waals surface area contributed by atoms with Crippen LogP contribution in [0.15, 0.2) is 42.6 Å². The van der Waals surface area contributed by atoms with Crippen LogP contribution in [-0.4, -0.2) is 65.9 Å². The molecule has 3 rings (SSSR count). The molecule has 2 heterocycles. The normalized spacial score (nSPS) is 14.0. The highest BCUT2D eigenvalue weighted by atomic mass is 19.1. The number of rotatable bonds is 7. The number of likely N-dealkylation sites (N-methyl/N-ethyl adjacent to an activating group) is 1. The number of aromatic nitrogens is 1. The number of likely N-dealkylation sites (tertiary alicyclic amines) is 1. The van der Waals surface area contributed by atoms with Gasteiger partial charge in [0.05, 0.1) is 24.6 Å². The number of halogens is 1. The summed E-state index contributed by atoms with van der Waals surface area (Å²) in [6.07, 6.45) is 2.62. The van der Waals surface area contributed by atoms with Crippen molar-refractivity contribution in [2.24, 2.45) is 5.92 Å². The van der Waals surface area contributed by atoms with Gasteiger partial charge in [0.2, 0.25) is 5.91 Å². The number of esters is 1. The molecule has 1 aromatic heterocycles. The number of nitrogens with zero attached hydrogens (tertiary/aromatic N) is 3. The van der Waals surface area contributed by atoms with Crippen molar-refractivity contribution in [3.8, 4) is 0 Å². The fourth-order valence-electron chi connectivity index (χ4n) is 3.59. The van der Waals surface area contributed by atoms with Gasteiger partial charge in [-0.2, -0.15) is 0 Å². The zero-order valence-electron chi connectivity index (χ0n) is 18.2. The molecule has 1 aliphatic heterocycles. The van der Waals surface area contributed by atoms with Crippen LogP contribution in [0.25, 0.3) is 0 Å². The Morgan fingerprint density at radius 1 is 1.22 bits per heavy atom. The van der Waals surface area contributed by atoms with Crippen LogP contribution in [0.5, 0.6) is 0 Å². The maximum absolute atomic E-state index is 13.5. The van der Waals surface area contributed by atoms with Crippen LogP contribution in [0.1, 0.15) is 30.1 Å². The minimum absolute atomic E-state index is 0.1000. The number of benzene rings is 1. The van der Waals surface area contributed by atoms with Crippen LogP contribution in [-0.2, 0) is 14.3 Å². The van der Waals surface area contributed by atoms with E-state index in [9.17, 15) is 18.8 Å². The number of carbonyl (C=O) groups is 3. The van der Waals surface area contributed by atoms with E-state index in [-0.39, 0.29) is 41.6 Å². The average Bonchev–Trinajstić information content (AvgIpc) is 2.79. The lowest BCUT2D eigenvalue weighted by atomic mass is 9.97. The minimum Gasteiger partial charge on any atom is -0.466 e. The van der Waals surface area contributed by atoms with Gasteiger partial charge in [0.15, 0.2) is 0 Å². The maximum Gasteiger partial charge on any atom is 0.309 e. The van der Waals surface area contributed by atoms with Crippen molar-refractivity contribution < 1.29 is 23.5 Å². The largest absolute Gasteiger partial charge is 0.466 e. The molecule has 1 aliphatic rings. The fraction of sp³-hybridized carbons (Fsp3) is 0.391. The van der Waals surface area contributed by atoms with Gasteiger partial charge in [-0.1, -0.05) is 6.07 Å². The summed E-state index contributed by atoms with van der Waals surface area (Å²) in [6, 6.07) is 9.07. The van der Waals surface area contributed by atoms with E-state index in [2.05, 4.69) is 10.3 Å². The number of pyridine rings is 1. The van der Waals surface area contributed by atoms with Crippen molar-refractivity contribution in [2.75, 3.05) is 38.6 Å². The molecule has 9 heteroatoms. The van der Waals surface area contributed by atoms with Crippen LogP contribution in [0, 0.1) is 11.7 Å². The number of hydrogen-bond acceptors (Lipinski definition) is 6. The second-order valence-electron chi connectivity index (χ2n) is 7.60. The standard InChI is InChI=1S/C23H27FN4O4/c1-3-32-23(31)16-9-12-28(13-10-16)20(29)15-27(2)22(30)19-8-5-11-25-21(19)26-18-7-4-6-17(24)14-18/h4-8,11,14,16H,3,9-10,12-13,15H2,1-2H3,(H,25,26). The van der Waals surface area contributed by atoms with Crippen molar-refractivity contribution in [3.63, 3.8) is 0 Å². The second kappa shape index (κ2) is 10.7. The summed E-state index contributed by atoms with van der Waals surface area (Å²) in [7, 11) is 1.55. The summed E-state index contributed by atoms with van der Waals surface area (Å²) in [5, 5.41) is 2.95.